The number of hydrogen-bond donors (Lipinski definition) is 2. The van der Waals surface area contributed by atoms with Gasteiger partial charge in [0.2, 0.25) is 0 Å². The molecule has 0 aliphatic rings. The topological polar surface area (TPSA) is 50.7 Å². The van der Waals surface area contributed by atoms with Crippen molar-refractivity contribution in [1.29, 1.82) is 0 Å². The predicted octanol–water partition coefficient (Wildman–Crippen LogP) is 2.10. The fraction of sp³-hybridized carbons (Fsp3) is 0.600. The molecule has 0 fully saturated rings. The van der Waals surface area contributed by atoms with Crippen molar-refractivity contribution in [2.24, 2.45) is 0 Å². The molecule has 1 rings (SSSR count). The smallest absolute Gasteiger partial charge is 0.124 e. The van der Waals surface area contributed by atoms with Crippen LogP contribution in [0.15, 0.2) is 18.2 Å². The summed E-state index contributed by atoms with van der Waals surface area (Å²) in [5, 5.41) is 12.9. The number of aliphatic hydroxyl groups excluding tert-OH is 1. The van der Waals surface area contributed by atoms with E-state index < -0.39 is 6.10 Å². The molecule has 20 heavy (non-hydrogen) atoms. The van der Waals surface area contributed by atoms with Crippen LogP contribution in [0.1, 0.15) is 26.3 Å². The third-order valence-electron chi connectivity index (χ3n) is 2.64. The van der Waals surface area contributed by atoms with Crippen molar-refractivity contribution in [2.45, 2.75) is 39.5 Å². The fourth-order valence-corrected chi connectivity index (χ4v) is 1.62. The first-order valence-corrected chi connectivity index (χ1v) is 6.94. The molecule has 0 aliphatic carbocycles. The Morgan fingerprint density at radius 2 is 2.05 bits per heavy atom. The Hall–Kier alpha value is -1.17. The van der Waals surface area contributed by atoms with Gasteiger partial charge in [-0.25, -0.2) is 4.39 Å². The molecular formula is C15H24FNO3. The van der Waals surface area contributed by atoms with Crippen LogP contribution in [0.3, 0.4) is 0 Å². The first-order valence-electron chi connectivity index (χ1n) is 6.94. The van der Waals surface area contributed by atoms with Crippen LogP contribution >= 0.6 is 0 Å². The van der Waals surface area contributed by atoms with Gasteiger partial charge in [-0.1, -0.05) is 6.92 Å². The van der Waals surface area contributed by atoms with Gasteiger partial charge in [0, 0.05) is 12.1 Å². The van der Waals surface area contributed by atoms with Gasteiger partial charge >= 0.3 is 0 Å². The summed E-state index contributed by atoms with van der Waals surface area (Å²) < 4.78 is 24.1. The number of rotatable bonds is 9. The number of hydrogen-bond acceptors (Lipinski definition) is 4. The van der Waals surface area contributed by atoms with Gasteiger partial charge in [-0.15, -0.1) is 0 Å². The molecule has 0 bridgehead atoms. The van der Waals surface area contributed by atoms with E-state index in [1.807, 2.05) is 20.8 Å². The molecule has 1 unspecified atom stereocenters. The van der Waals surface area contributed by atoms with E-state index in [2.05, 4.69) is 5.32 Å². The highest BCUT2D eigenvalue weighted by Crippen LogP contribution is 2.20. The molecular weight excluding hydrogens is 261 g/mol. The summed E-state index contributed by atoms with van der Waals surface area (Å²) in [4.78, 5) is 0. The molecule has 0 heterocycles. The minimum Gasteiger partial charge on any atom is -0.490 e. The summed E-state index contributed by atoms with van der Waals surface area (Å²) in [7, 11) is 0. The van der Waals surface area contributed by atoms with Gasteiger partial charge in [0.25, 0.3) is 0 Å². The third-order valence-corrected chi connectivity index (χ3v) is 2.64. The Morgan fingerprint density at radius 1 is 1.30 bits per heavy atom. The van der Waals surface area contributed by atoms with Crippen molar-refractivity contribution in [1.82, 2.24) is 5.32 Å². The maximum atomic E-state index is 13.2. The molecule has 0 radical (unpaired) electrons. The van der Waals surface area contributed by atoms with E-state index >= 15 is 0 Å². The van der Waals surface area contributed by atoms with Crippen LogP contribution in [0.25, 0.3) is 0 Å². The highest BCUT2D eigenvalue weighted by Gasteiger charge is 2.10. The molecule has 0 saturated carbocycles. The van der Waals surface area contributed by atoms with Crippen molar-refractivity contribution >= 4 is 0 Å². The molecule has 0 aromatic heterocycles. The first-order chi connectivity index (χ1) is 9.52. The van der Waals surface area contributed by atoms with E-state index in [0.717, 1.165) is 12.1 Å². The predicted molar refractivity (Wildman–Crippen MR) is 76.4 cm³/mol. The molecule has 5 heteroatoms. The maximum absolute atomic E-state index is 13.2. The van der Waals surface area contributed by atoms with Crippen molar-refractivity contribution in [3.63, 3.8) is 0 Å². The van der Waals surface area contributed by atoms with E-state index in [9.17, 15) is 9.50 Å². The summed E-state index contributed by atoms with van der Waals surface area (Å²) in [5.74, 6) is 0.282. The van der Waals surface area contributed by atoms with Gasteiger partial charge in [-0.05, 0) is 38.6 Å². The maximum Gasteiger partial charge on any atom is 0.124 e. The normalized spacial score (nSPS) is 12.7. The van der Waals surface area contributed by atoms with E-state index in [-0.39, 0.29) is 25.1 Å². The van der Waals surface area contributed by atoms with Crippen molar-refractivity contribution in [3.8, 4) is 5.75 Å². The van der Waals surface area contributed by atoms with E-state index in [0.29, 0.717) is 12.3 Å². The number of aliphatic hydroxyl groups is 1. The molecule has 1 aromatic rings. The van der Waals surface area contributed by atoms with Gasteiger partial charge in [0.15, 0.2) is 0 Å². The Kier molecular flexibility index (Phi) is 7.51. The quantitative estimate of drug-likeness (QED) is 0.729. The molecule has 0 spiro atoms. The minimum absolute atomic E-state index is 0.0692. The van der Waals surface area contributed by atoms with Gasteiger partial charge in [-0.2, -0.15) is 0 Å². The van der Waals surface area contributed by atoms with Gasteiger partial charge in [-0.3, -0.25) is 0 Å². The average molecular weight is 285 g/mol. The lowest BCUT2D eigenvalue weighted by molar-refractivity contribution is -0.0124. The molecule has 0 saturated heterocycles. The van der Waals surface area contributed by atoms with Crippen LogP contribution in [0.4, 0.5) is 4.39 Å². The Balaban J connectivity index is 2.53. The molecule has 4 nitrogen and oxygen atoms in total. The SMILES string of the molecule is CCNCc1cc(F)ccc1OCC(O)COC(C)C. The van der Waals surface area contributed by atoms with E-state index in [4.69, 9.17) is 9.47 Å². The summed E-state index contributed by atoms with van der Waals surface area (Å²) >= 11 is 0. The summed E-state index contributed by atoms with van der Waals surface area (Å²) in [6, 6.07) is 4.37. The Bertz CT molecular complexity index is 399. The van der Waals surface area contributed by atoms with Crippen LogP contribution in [-0.2, 0) is 11.3 Å². The van der Waals surface area contributed by atoms with Gasteiger partial charge in [0.1, 0.15) is 24.3 Å². The van der Waals surface area contributed by atoms with Crippen LogP contribution in [-0.4, -0.2) is 37.1 Å². The molecule has 1 aromatic carbocycles. The zero-order valence-corrected chi connectivity index (χ0v) is 12.4. The van der Waals surface area contributed by atoms with Crippen molar-refractivity contribution < 1.29 is 19.0 Å². The number of ether oxygens (including phenoxy) is 2. The molecule has 0 aliphatic heterocycles. The average Bonchev–Trinajstić information content (AvgIpc) is 2.41. The minimum atomic E-state index is -0.700. The fourth-order valence-electron chi connectivity index (χ4n) is 1.62. The lowest BCUT2D eigenvalue weighted by Gasteiger charge is -2.16. The largest absolute Gasteiger partial charge is 0.490 e. The second kappa shape index (κ2) is 8.89. The number of halogens is 1. The molecule has 2 N–H and O–H groups in total. The van der Waals surface area contributed by atoms with Crippen molar-refractivity contribution in [3.05, 3.63) is 29.6 Å². The van der Waals surface area contributed by atoms with Crippen LogP contribution in [0, 0.1) is 5.82 Å². The first kappa shape index (κ1) is 16.9. The summed E-state index contributed by atoms with van der Waals surface area (Å²) in [6.07, 6.45) is -0.630. The molecule has 0 amide bonds. The highest BCUT2D eigenvalue weighted by atomic mass is 19.1. The monoisotopic (exact) mass is 285 g/mol. The van der Waals surface area contributed by atoms with Crippen LogP contribution < -0.4 is 10.1 Å². The van der Waals surface area contributed by atoms with Gasteiger partial charge in [0.05, 0.1) is 12.7 Å². The van der Waals surface area contributed by atoms with E-state index in [1.54, 1.807) is 6.07 Å². The highest BCUT2D eigenvalue weighted by molar-refractivity contribution is 5.34. The van der Waals surface area contributed by atoms with Crippen LogP contribution in [0.2, 0.25) is 0 Å². The second-order valence-corrected chi connectivity index (χ2v) is 4.88. The molecule has 1 atom stereocenters. The zero-order valence-electron chi connectivity index (χ0n) is 12.4. The second-order valence-electron chi connectivity index (χ2n) is 4.88. The van der Waals surface area contributed by atoms with Crippen molar-refractivity contribution in [2.75, 3.05) is 19.8 Å². The standard InChI is InChI=1S/C15H24FNO3/c1-4-17-8-12-7-13(16)5-6-15(12)20-10-14(18)9-19-11(2)3/h5-7,11,14,17-18H,4,8-10H2,1-3H3. The Morgan fingerprint density at radius 3 is 2.70 bits per heavy atom. The lowest BCUT2D eigenvalue weighted by atomic mass is 10.2. The summed E-state index contributed by atoms with van der Waals surface area (Å²) in [5.41, 5.74) is 0.740. The number of benzene rings is 1. The van der Waals surface area contributed by atoms with Crippen LogP contribution in [0.5, 0.6) is 5.75 Å². The molecule has 114 valence electrons. The third kappa shape index (κ3) is 6.32. The van der Waals surface area contributed by atoms with Gasteiger partial charge < -0.3 is 19.9 Å². The summed E-state index contributed by atoms with van der Waals surface area (Å²) in [6.45, 7) is 7.46. The Labute approximate surface area is 119 Å². The number of nitrogens with one attached hydrogen (secondary N) is 1. The zero-order chi connectivity index (χ0) is 15.0. The van der Waals surface area contributed by atoms with E-state index in [1.165, 1.54) is 12.1 Å². The lowest BCUT2D eigenvalue weighted by Crippen LogP contribution is -2.25.